The highest BCUT2D eigenvalue weighted by molar-refractivity contribution is 5.32. The van der Waals surface area contributed by atoms with Crippen molar-refractivity contribution >= 4 is 0 Å². The molecule has 0 heteroatoms. The lowest BCUT2D eigenvalue weighted by Crippen LogP contribution is -2.50. The summed E-state index contributed by atoms with van der Waals surface area (Å²) in [5.74, 6) is 0. The molecule has 0 atom stereocenters. The van der Waals surface area contributed by atoms with Gasteiger partial charge in [0.05, 0.1) is 0 Å². The molecular weight excluding hydrogens is 216 g/mol. The molecule has 0 fully saturated rings. The van der Waals surface area contributed by atoms with Crippen LogP contribution in [0.5, 0.6) is 0 Å². The molecule has 2 rings (SSSR count). The van der Waals surface area contributed by atoms with Gasteiger partial charge in [0.2, 0.25) is 0 Å². The number of hydrogen-bond donors (Lipinski definition) is 0. The van der Waals surface area contributed by atoms with Crippen LogP contribution in [0.25, 0.3) is 0 Å². The van der Waals surface area contributed by atoms with Gasteiger partial charge in [0.15, 0.2) is 0 Å². The molecule has 0 N–H and O–H groups in total. The van der Waals surface area contributed by atoms with Crippen LogP contribution in [0.2, 0.25) is 0 Å². The van der Waals surface area contributed by atoms with E-state index in [0.29, 0.717) is 16.2 Å². The van der Waals surface area contributed by atoms with Crippen LogP contribution in [0.4, 0.5) is 0 Å². The summed E-state index contributed by atoms with van der Waals surface area (Å²) in [4.78, 5) is 0. The van der Waals surface area contributed by atoms with E-state index in [2.05, 4.69) is 65.8 Å². The molecule has 0 saturated carbocycles. The van der Waals surface area contributed by atoms with E-state index in [1.807, 2.05) is 0 Å². The van der Waals surface area contributed by atoms with Crippen LogP contribution in [-0.4, -0.2) is 0 Å². The van der Waals surface area contributed by atoms with E-state index >= 15 is 0 Å². The van der Waals surface area contributed by atoms with Gasteiger partial charge in [-0.3, -0.25) is 0 Å². The average Bonchev–Trinajstić information content (AvgIpc) is 2.25. The Kier molecular flexibility index (Phi) is 3.12. The fraction of sp³-hybridized carbons (Fsp3) is 0.667. The van der Waals surface area contributed by atoms with E-state index in [9.17, 15) is 0 Å². The van der Waals surface area contributed by atoms with E-state index in [0.717, 1.165) is 0 Å². The first-order chi connectivity index (χ1) is 8.17. The van der Waals surface area contributed by atoms with Gasteiger partial charge >= 0.3 is 0 Å². The number of fused-ring (bicyclic) bond motifs is 1. The maximum absolute atomic E-state index is 2.42. The third-order valence-corrected chi connectivity index (χ3v) is 5.30. The summed E-state index contributed by atoms with van der Waals surface area (Å²) >= 11 is 0. The summed E-state index contributed by atoms with van der Waals surface area (Å²) in [6.07, 6.45) is 3.79. The molecule has 0 spiro atoms. The smallest absolute Gasteiger partial charge is 0.0157 e. The van der Waals surface area contributed by atoms with Gasteiger partial charge in [-0.25, -0.2) is 0 Å². The third-order valence-electron chi connectivity index (χ3n) is 5.30. The third kappa shape index (κ3) is 2.00. The Hall–Kier alpha value is -0.780. The first kappa shape index (κ1) is 13.6. The zero-order valence-electron chi connectivity index (χ0n) is 12.9. The van der Waals surface area contributed by atoms with Crippen molar-refractivity contribution in [1.29, 1.82) is 0 Å². The summed E-state index contributed by atoms with van der Waals surface area (Å²) in [5.41, 5.74) is 4.24. The van der Waals surface area contributed by atoms with E-state index in [-0.39, 0.29) is 0 Å². The summed E-state index contributed by atoms with van der Waals surface area (Å²) in [7, 11) is 0. The van der Waals surface area contributed by atoms with Crippen molar-refractivity contribution in [3.05, 3.63) is 35.4 Å². The van der Waals surface area contributed by atoms with Crippen LogP contribution >= 0.6 is 0 Å². The van der Waals surface area contributed by atoms with E-state index < -0.39 is 0 Å². The van der Waals surface area contributed by atoms with Crippen LogP contribution in [0.3, 0.4) is 0 Å². The van der Waals surface area contributed by atoms with Gasteiger partial charge in [0.25, 0.3) is 0 Å². The SMILES string of the molecule is CC(C)(C)C1(C(C)(C)C)CCc2ccccc2C1. The Balaban J connectivity index is 2.49. The summed E-state index contributed by atoms with van der Waals surface area (Å²) in [6, 6.07) is 9.02. The minimum absolute atomic E-state index is 0.346. The van der Waals surface area contributed by atoms with Crippen LogP contribution in [0.1, 0.15) is 59.1 Å². The molecule has 0 saturated heterocycles. The molecule has 0 unspecified atom stereocenters. The Bertz CT molecular complexity index is 412. The fourth-order valence-electron chi connectivity index (χ4n) is 4.14. The standard InChI is InChI=1S/C18H28/c1-16(2,3)18(17(4,5)6)12-11-14-9-7-8-10-15(14)13-18/h7-10H,11-13H2,1-6H3. The molecule has 1 aromatic carbocycles. The predicted molar refractivity (Wildman–Crippen MR) is 79.8 cm³/mol. The number of hydrogen-bond acceptors (Lipinski definition) is 0. The van der Waals surface area contributed by atoms with Crippen LogP contribution in [-0.2, 0) is 12.8 Å². The van der Waals surface area contributed by atoms with Gasteiger partial charge in [-0.15, -0.1) is 0 Å². The van der Waals surface area contributed by atoms with Crippen molar-refractivity contribution in [3.63, 3.8) is 0 Å². The quantitative estimate of drug-likeness (QED) is 0.584. The first-order valence-corrected chi connectivity index (χ1v) is 7.24. The lowest BCUT2D eigenvalue weighted by atomic mass is 9.48. The van der Waals surface area contributed by atoms with Crippen LogP contribution in [0.15, 0.2) is 24.3 Å². The maximum atomic E-state index is 2.42. The van der Waals surface area contributed by atoms with Gasteiger partial charge in [-0.05, 0) is 46.6 Å². The lowest BCUT2D eigenvalue weighted by molar-refractivity contribution is -0.0447. The minimum Gasteiger partial charge on any atom is -0.0620 e. The molecule has 0 amide bonds. The number of rotatable bonds is 0. The van der Waals surface area contributed by atoms with Crippen molar-refractivity contribution in [3.8, 4) is 0 Å². The highest BCUT2D eigenvalue weighted by Crippen LogP contribution is 2.58. The Morgan fingerprint density at radius 1 is 0.833 bits per heavy atom. The highest BCUT2D eigenvalue weighted by atomic mass is 14.6. The van der Waals surface area contributed by atoms with Gasteiger partial charge in [-0.2, -0.15) is 0 Å². The van der Waals surface area contributed by atoms with Gasteiger partial charge < -0.3 is 0 Å². The molecule has 18 heavy (non-hydrogen) atoms. The number of aryl methyl sites for hydroxylation is 1. The monoisotopic (exact) mass is 244 g/mol. The topological polar surface area (TPSA) is 0 Å². The molecule has 0 nitrogen and oxygen atoms in total. The second kappa shape index (κ2) is 4.11. The maximum Gasteiger partial charge on any atom is -0.0157 e. The largest absolute Gasteiger partial charge is 0.0620 e. The Morgan fingerprint density at radius 3 is 1.83 bits per heavy atom. The molecule has 1 aliphatic carbocycles. The van der Waals surface area contributed by atoms with Gasteiger partial charge in [0, 0.05) is 0 Å². The van der Waals surface area contributed by atoms with Crippen molar-refractivity contribution in [1.82, 2.24) is 0 Å². The number of benzene rings is 1. The van der Waals surface area contributed by atoms with Crippen molar-refractivity contribution in [2.45, 2.75) is 60.8 Å². The van der Waals surface area contributed by atoms with Crippen molar-refractivity contribution < 1.29 is 0 Å². The van der Waals surface area contributed by atoms with Crippen LogP contribution in [0, 0.1) is 16.2 Å². The van der Waals surface area contributed by atoms with E-state index in [4.69, 9.17) is 0 Å². The molecule has 0 aromatic heterocycles. The molecule has 0 bridgehead atoms. The van der Waals surface area contributed by atoms with Crippen molar-refractivity contribution in [2.75, 3.05) is 0 Å². The predicted octanol–water partition coefficient (Wildman–Crippen LogP) is 5.25. The van der Waals surface area contributed by atoms with E-state index in [1.54, 1.807) is 11.1 Å². The summed E-state index contributed by atoms with van der Waals surface area (Å²) < 4.78 is 0. The normalized spacial score (nSPS) is 19.4. The minimum atomic E-state index is 0.346. The molecule has 0 radical (unpaired) electrons. The fourth-order valence-corrected chi connectivity index (χ4v) is 4.14. The second-order valence-corrected chi connectivity index (χ2v) is 8.03. The zero-order valence-corrected chi connectivity index (χ0v) is 12.9. The Morgan fingerprint density at radius 2 is 1.33 bits per heavy atom. The van der Waals surface area contributed by atoms with Gasteiger partial charge in [-0.1, -0.05) is 65.8 Å². The lowest BCUT2D eigenvalue weighted by Gasteiger charge is -2.56. The van der Waals surface area contributed by atoms with E-state index in [1.165, 1.54) is 19.3 Å². The summed E-state index contributed by atoms with van der Waals surface area (Å²) in [6.45, 7) is 14.5. The summed E-state index contributed by atoms with van der Waals surface area (Å²) in [5, 5.41) is 0. The Labute approximate surface area is 113 Å². The van der Waals surface area contributed by atoms with Gasteiger partial charge in [0.1, 0.15) is 0 Å². The molecule has 0 heterocycles. The second-order valence-electron chi connectivity index (χ2n) is 8.03. The molecular formula is C18H28. The van der Waals surface area contributed by atoms with Crippen LogP contribution < -0.4 is 0 Å². The first-order valence-electron chi connectivity index (χ1n) is 7.24. The molecule has 1 aliphatic rings. The van der Waals surface area contributed by atoms with Crippen molar-refractivity contribution in [2.24, 2.45) is 16.2 Å². The average molecular weight is 244 g/mol. The molecule has 1 aromatic rings. The highest BCUT2D eigenvalue weighted by Gasteiger charge is 2.51. The molecule has 0 aliphatic heterocycles. The molecule has 100 valence electrons. The zero-order chi connectivity index (χ0) is 13.6.